The lowest BCUT2D eigenvalue weighted by molar-refractivity contribution is 0.229. The number of carbonyl (C=O) groups is 1. The molecular formula is C20H26N2O3. The summed E-state index contributed by atoms with van der Waals surface area (Å²) in [5.74, 6) is 0.829. The van der Waals surface area contributed by atoms with Crippen molar-refractivity contribution in [3.05, 3.63) is 65.2 Å². The Balaban J connectivity index is 1.88. The highest BCUT2D eigenvalue weighted by Gasteiger charge is 2.13. The van der Waals surface area contributed by atoms with Gasteiger partial charge in [0, 0.05) is 13.2 Å². The van der Waals surface area contributed by atoms with Gasteiger partial charge in [0.2, 0.25) is 0 Å². The minimum atomic E-state index is -0.242. The number of carbonyl (C=O) groups excluding carboxylic acids is 1. The first kappa shape index (κ1) is 18.8. The molecule has 0 spiro atoms. The largest absolute Gasteiger partial charge is 0.496 e. The minimum absolute atomic E-state index is 0.0142. The smallest absolute Gasteiger partial charge is 0.315 e. The van der Waals surface area contributed by atoms with Crippen LogP contribution in [0.3, 0.4) is 0 Å². The molecule has 2 aromatic carbocycles. The Morgan fingerprint density at radius 3 is 2.64 bits per heavy atom. The third kappa shape index (κ3) is 5.80. The van der Waals surface area contributed by atoms with Gasteiger partial charge in [-0.3, -0.25) is 0 Å². The van der Waals surface area contributed by atoms with E-state index in [9.17, 15) is 9.90 Å². The zero-order chi connectivity index (χ0) is 18.1. The van der Waals surface area contributed by atoms with Crippen LogP contribution < -0.4 is 15.4 Å². The molecule has 0 heterocycles. The molecular weight excluding hydrogens is 316 g/mol. The molecule has 25 heavy (non-hydrogen) atoms. The second kappa shape index (κ2) is 9.69. The van der Waals surface area contributed by atoms with Gasteiger partial charge >= 0.3 is 6.03 Å². The van der Waals surface area contributed by atoms with Gasteiger partial charge in [0.15, 0.2) is 0 Å². The molecule has 0 aliphatic carbocycles. The highest BCUT2D eigenvalue weighted by atomic mass is 16.5. The van der Waals surface area contributed by atoms with Crippen LogP contribution in [0.2, 0.25) is 0 Å². The number of aliphatic hydroxyl groups is 1. The summed E-state index contributed by atoms with van der Waals surface area (Å²) in [4.78, 5) is 12.2. The van der Waals surface area contributed by atoms with E-state index in [1.807, 2.05) is 49.4 Å². The number of amides is 2. The number of ether oxygens (including phenoxy) is 1. The Bertz CT molecular complexity index is 674. The quantitative estimate of drug-likeness (QED) is 0.691. The second-order valence-corrected chi connectivity index (χ2v) is 5.94. The van der Waals surface area contributed by atoms with E-state index in [4.69, 9.17) is 4.74 Å². The summed E-state index contributed by atoms with van der Waals surface area (Å²) in [6.45, 7) is 2.55. The van der Waals surface area contributed by atoms with Crippen molar-refractivity contribution in [3.8, 4) is 5.75 Å². The molecule has 1 atom stereocenters. The molecule has 2 amide bonds. The van der Waals surface area contributed by atoms with Crippen molar-refractivity contribution in [2.75, 3.05) is 20.3 Å². The molecule has 0 saturated heterocycles. The summed E-state index contributed by atoms with van der Waals surface area (Å²) in [5.41, 5.74) is 3.21. The van der Waals surface area contributed by atoms with Gasteiger partial charge in [0.1, 0.15) is 5.75 Å². The molecule has 0 bridgehead atoms. The minimum Gasteiger partial charge on any atom is -0.496 e. The van der Waals surface area contributed by atoms with E-state index in [1.165, 1.54) is 0 Å². The predicted octanol–water partition coefficient (Wildman–Crippen LogP) is 2.97. The van der Waals surface area contributed by atoms with Crippen LogP contribution in [0.4, 0.5) is 4.79 Å². The fraction of sp³-hybridized carbons (Fsp3) is 0.350. The molecule has 0 aliphatic rings. The number of methoxy groups -OCH3 is 1. The molecule has 5 heteroatoms. The number of hydrogen-bond donors (Lipinski definition) is 3. The zero-order valence-electron chi connectivity index (χ0n) is 14.8. The first-order valence-electron chi connectivity index (χ1n) is 8.47. The monoisotopic (exact) mass is 342 g/mol. The average Bonchev–Trinajstić information content (AvgIpc) is 2.62. The van der Waals surface area contributed by atoms with Gasteiger partial charge in [-0.15, -0.1) is 0 Å². The molecule has 0 aliphatic heterocycles. The summed E-state index contributed by atoms with van der Waals surface area (Å²) < 4.78 is 5.36. The van der Waals surface area contributed by atoms with Crippen molar-refractivity contribution in [3.63, 3.8) is 0 Å². The van der Waals surface area contributed by atoms with Crippen LogP contribution in [0, 0.1) is 6.92 Å². The molecule has 2 rings (SSSR count). The normalized spacial score (nSPS) is 11.6. The molecule has 134 valence electrons. The average molecular weight is 342 g/mol. The first-order valence-corrected chi connectivity index (χ1v) is 8.47. The van der Waals surface area contributed by atoms with Gasteiger partial charge in [0.25, 0.3) is 0 Å². The fourth-order valence-corrected chi connectivity index (χ4v) is 2.76. The Kier molecular flexibility index (Phi) is 7.29. The molecule has 3 N–H and O–H groups in total. The van der Waals surface area contributed by atoms with Gasteiger partial charge in [-0.2, -0.15) is 0 Å². The molecule has 0 saturated carbocycles. The van der Waals surface area contributed by atoms with E-state index in [2.05, 4.69) is 16.7 Å². The number of urea groups is 1. The maximum atomic E-state index is 12.2. The summed E-state index contributed by atoms with van der Waals surface area (Å²) in [6.07, 6.45) is 1.16. The number of aryl methyl sites for hydroxylation is 1. The van der Waals surface area contributed by atoms with Crippen molar-refractivity contribution in [2.24, 2.45) is 0 Å². The SMILES string of the molecule is COc1ccc(C)cc1CCNC(=O)N[C@H](CCO)c1ccccc1. The molecule has 0 unspecified atom stereocenters. The van der Waals surface area contributed by atoms with Gasteiger partial charge in [0.05, 0.1) is 13.2 Å². The summed E-state index contributed by atoms with van der Waals surface area (Å²) in [5, 5.41) is 15.0. The van der Waals surface area contributed by atoms with Crippen LogP contribution in [0.15, 0.2) is 48.5 Å². The van der Waals surface area contributed by atoms with Crippen molar-refractivity contribution >= 4 is 6.03 Å². The van der Waals surface area contributed by atoms with Crippen LogP contribution >= 0.6 is 0 Å². The maximum Gasteiger partial charge on any atom is 0.315 e. The van der Waals surface area contributed by atoms with E-state index >= 15 is 0 Å². The Morgan fingerprint density at radius 1 is 1.20 bits per heavy atom. The maximum absolute atomic E-state index is 12.2. The molecule has 0 aromatic heterocycles. The van der Waals surface area contributed by atoms with Gasteiger partial charge in [-0.1, -0.05) is 48.0 Å². The third-order valence-corrected chi connectivity index (χ3v) is 4.04. The topological polar surface area (TPSA) is 70.6 Å². The lowest BCUT2D eigenvalue weighted by atomic mass is 10.0. The summed E-state index contributed by atoms with van der Waals surface area (Å²) in [7, 11) is 1.65. The third-order valence-electron chi connectivity index (χ3n) is 4.04. The highest BCUT2D eigenvalue weighted by molar-refractivity contribution is 5.74. The number of hydrogen-bond acceptors (Lipinski definition) is 3. The number of rotatable bonds is 8. The molecule has 0 fully saturated rings. The fourth-order valence-electron chi connectivity index (χ4n) is 2.76. The van der Waals surface area contributed by atoms with E-state index in [-0.39, 0.29) is 18.7 Å². The zero-order valence-corrected chi connectivity index (χ0v) is 14.8. The van der Waals surface area contributed by atoms with E-state index < -0.39 is 0 Å². The first-order chi connectivity index (χ1) is 12.1. The van der Waals surface area contributed by atoms with Crippen molar-refractivity contribution in [1.82, 2.24) is 10.6 Å². The Hall–Kier alpha value is -2.53. The van der Waals surface area contributed by atoms with Crippen LogP contribution in [-0.4, -0.2) is 31.4 Å². The van der Waals surface area contributed by atoms with E-state index in [1.54, 1.807) is 7.11 Å². The Morgan fingerprint density at radius 2 is 1.96 bits per heavy atom. The van der Waals surface area contributed by atoms with Crippen molar-refractivity contribution in [2.45, 2.75) is 25.8 Å². The van der Waals surface area contributed by atoms with Crippen molar-refractivity contribution in [1.29, 1.82) is 0 Å². The summed E-state index contributed by atoms with van der Waals surface area (Å²) in [6, 6.07) is 15.2. The van der Waals surface area contributed by atoms with Gasteiger partial charge < -0.3 is 20.5 Å². The van der Waals surface area contributed by atoms with Crippen LogP contribution in [0.25, 0.3) is 0 Å². The summed E-state index contributed by atoms with van der Waals surface area (Å²) >= 11 is 0. The second-order valence-electron chi connectivity index (χ2n) is 5.94. The number of aliphatic hydroxyl groups excluding tert-OH is 1. The highest BCUT2D eigenvalue weighted by Crippen LogP contribution is 2.20. The molecule has 0 radical (unpaired) electrons. The Labute approximate surface area is 149 Å². The van der Waals surface area contributed by atoms with Crippen LogP contribution in [0.1, 0.15) is 29.2 Å². The van der Waals surface area contributed by atoms with Crippen LogP contribution in [-0.2, 0) is 6.42 Å². The standard InChI is InChI=1S/C20H26N2O3/c1-15-8-9-19(25-2)17(14-15)10-12-21-20(24)22-18(11-13-23)16-6-4-3-5-7-16/h3-9,14,18,23H,10-13H2,1-2H3,(H2,21,22,24)/t18-/m1/s1. The van der Waals surface area contributed by atoms with Crippen molar-refractivity contribution < 1.29 is 14.6 Å². The lowest BCUT2D eigenvalue weighted by Gasteiger charge is -2.19. The van der Waals surface area contributed by atoms with Crippen LogP contribution in [0.5, 0.6) is 5.75 Å². The van der Waals surface area contributed by atoms with Gasteiger partial charge in [-0.25, -0.2) is 4.79 Å². The van der Waals surface area contributed by atoms with E-state index in [0.717, 1.165) is 22.4 Å². The molecule has 5 nitrogen and oxygen atoms in total. The van der Waals surface area contributed by atoms with E-state index in [0.29, 0.717) is 19.4 Å². The van der Waals surface area contributed by atoms with Gasteiger partial charge in [-0.05, 0) is 37.0 Å². The number of benzene rings is 2. The number of nitrogens with one attached hydrogen (secondary N) is 2. The predicted molar refractivity (Wildman–Crippen MR) is 98.9 cm³/mol. The molecule has 2 aromatic rings. The lowest BCUT2D eigenvalue weighted by Crippen LogP contribution is -2.39.